The molecule has 0 aromatic carbocycles. The van der Waals surface area contributed by atoms with E-state index in [0.717, 1.165) is 25.2 Å². The first-order chi connectivity index (χ1) is 8.88. The Morgan fingerprint density at radius 3 is 2.74 bits per heavy atom. The Hall–Kier alpha value is 0.275. The van der Waals surface area contributed by atoms with E-state index in [0.29, 0.717) is 11.3 Å². The molecule has 0 amide bonds. The highest BCUT2D eigenvalue weighted by Gasteiger charge is 2.67. The molecule has 3 aliphatic carbocycles. The second-order valence-electron chi connectivity index (χ2n) is 7.58. The third-order valence-electron chi connectivity index (χ3n) is 5.96. The summed E-state index contributed by atoms with van der Waals surface area (Å²) in [6.07, 6.45) is 6.01. The van der Waals surface area contributed by atoms with Crippen LogP contribution in [0.2, 0.25) is 0 Å². The Kier molecular flexibility index (Phi) is 3.47. The van der Waals surface area contributed by atoms with Gasteiger partial charge >= 0.3 is 7.12 Å². The van der Waals surface area contributed by atoms with Crippen molar-refractivity contribution >= 4 is 18.7 Å². The van der Waals surface area contributed by atoms with Crippen molar-refractivity contribution in [1.82, 2.24) is 0 Å². The van der Waals surface area contributed by atoms with Crippen molar-refractivity contribution in [3.63, 3.8) is 0 Å². The van der Waals surface area contributed by atoms with Gasteiger partial charge in [0.1, 0.15) is 0 Å². The van der Waals surface area contributed by atoms with Crippen LogP contribution in [0.3, 0.4) is 0 Å². The molecule has 2 nitrogen and oxygen atoms in total. The highest BCUT2D eigenvalue weighted by atomic mass is 35.5. The van der Waals surface area contributed by atoms with Crippen molar-refractivity contribution in [2.45, 2.75) is 76.8 Å². The minimum absolute atomic E-state index is 0.00249. The second-order valence-corrected chi connectivity index (χ2v) is 8.14. The van der Waals surface area contributed by atoms with Gasteiger partial charge in [0.25, 0.3) is 0 Å². The maximum absolute atomic E-state index is 6.48. The first-order valence-electron chi connectivity index (χ1n) is 7.86. The molecule has 19 heavy (non-hydrogen) atoms. The van der Waals surface area contributed by atoms with Crippen LogP contribution >= 0.6 is 11.6 Å². The summed E-state index contributed by atoms with van der Waals surface area (Å²) in [5, 5.41) is 0.00249. The molecule has 1 saturated heterocycles. The largest absolute Gasteiger partial charge is 0.476 e. The zero-order valence-corrected chi connectivity index (χ0v) is 13.4. The quantitative estimate of drug-likeness (QED) is 0.573. The fourth-order valence-corrected chi connectivity index (χ4v) is 4.70. The third-order valence-corrected chi connectivity index (χ3v) is 6.38. The molecule has 4 aliphatic rings. The molecule has 1 heterocycles. The van der Waals surface area contributed by atoms with Crippen molar-refractivity contribution in [2.75, 3.05) is 0 Å². The lowest BCUT2D eigenvalue weighted by Crippen LogP contribution is -2.63. The smallest absolute Gasteiger partial charge is 0.404 e. The summed E-state index contributed by atoms with van der Waals surface area (Å²) in [6, 6.07) is 0. The van der Waals surface area contributed by atoms with Crippen LogP contribution in [-0.2, 0) is 9.31 Å². The van der Waals surface area contributed by atoms with Gasteiger partial charge in [-0.05, 0) is 43.4 Å². The lowest BCUT2D eigenvalue weighted by atomic mass is 9.45. The van der Waals surface area contributed by atoms with Crippen LogP contribution in [0.25, 0.3) is 0 Å². The normalized spacial score (nSPS) is 44.7. The first-order valence-corrected chi connectivity index (χ1v) is 8.29. The van der Waals surface area contributed by atoms with E-state index in [4.69, 9.17) is 20.9 Å². The molecule has 3 saturated carbocycles. The molecule has 0 aromatic rings. The standard InChI is InChI=1S/C15H26BClO2/c1-5-6-7-12(17)16-18-13-11-8-10(14(11,2)3)9-15(13,4)19-16/h10-13H,5-9H2,1-4H3/t10-,11+,12-,13-,15+/m1/s1. The average Bonchev–Trinajstić information content (AvgIpc) is 2.72. The molecule has 4 fully saturated rings. The van der Waals surface area contributed by atoms with Crippen LogP contribution in [0.4, 0.5) is 0 Å². The van der Waals surface area contributed by atoms with Crippen molar-refractivity contribution in [2.24, 2.45) is 17.3 Å². The van der Waals surface area contributed by atoms with Gasteiger partial charge < -0.3 is 9.31 Å². The topological polar surface area (TPSA) is 18.5 Å². The molecule has 108 valence electrons. The number of hydrogen-bond donors (Lipinski definition) is 0. The van der Waals surface area contributed by atoms with E-state index in [-0.39, 0.29) is 24.1 Å². The summed E-state index contributed by atoms with van der Waals surface area (Å²) in [5.41, 5.74) is 0.334. The van der Waals surface area contributed by atoms with Gasteiger partial charge in [-0.2, -0.15) is 0 Å². The molecule has 4 rings (SSSR count). The van der Waals surface area contributed by atoms with Gasteiger partial charge in [-0.3, -0.25) is 0 Å². The number of rotatable bonds is 4. The van der Waals surface area contributed by atoms with Gasteiger partial charge in [0, 0.05) is 0 Å². The minimum atomic E-state index is -0.196. The Bertz CT molecular complexity index is 362. The Morgan fingerprint density at radius 1 is 1.37 bits per heavy atom. The fraction of sp³-hybridized carbons (Fsp3) is 1.00. The molecule has 5 atom stereocenters. The number of unbranched alkanes of at least 4 members (excludes halogenated alkanes) is 1. The molecular formula is C15H26BClO2. The van der Waals surface area contributed by atoms with E-state index in [1.54, 1.807) is 0 Å². The molecule has 0 aromatic heterocycles. The van der Waals surface area contributed by atoms with Gasteiger partial charge in [-0.15, -0.1) is 11.6 Å². The Labute approximate surface area is 122 Å². The SMILES string of the molecule is CCCC[C@@H](Cl)B1O[C@@H]2[C@@H]3C[C@H](C[C@]2(C)O1)C3(C)C. The molecule has 1 aliphatic heterocycles. The summed E-state index contributed by atoms with van der Waals surface area (Å²) >= 11 is 6.48. The van der Waals surface area contributed by atoms with Gasteiger partial charge in [0.15, 0.2) is 0 Å². The van der Waals surface area contributed by atoms with Crippen molar-refractivity contribution in [3.8, 4) is 0 Å². The summed E-state index contributed by atoms with van der Waals surface area (Å²) in [6.45, 7) is 9.20. The van der Waals surface area contributed by atoms with Crippen LogP contribution in [0.15, 0.2) is 0 Å². The summed E-state index contributed by atoms with van der Waals surface area (Å²) < 4.78 is 12.5. The fourth-order valence-electron chi connectivity index (χ4n) is 4.43. The highest BCUT2D eigenvalue weighted by Crippen LogP contribution is 2.64. The van der Waals surface area contributed by atoms with Crippen molar-refractivity contribution in [3.05, 3.63) is 0 Å². The molecule has 0 radical (unpaired) electrons. The van der Waals surface area contributed by atoms with Crippen LogP contribution in [0.5, 0.6) is 0 Å². The third kappa shape index (κ3) is 2.08. The lowest BCUT2D eigenvalue weighted by molar-refractivity contribution is -0.185. The van der Waals surface area contributed by atoms with Crippen LogP contribution < -0.4 is 0 Å². The zero-order valence-electron chi connectivity index (χ0n) is 12.6. The molecular weight excluding hydrogens is 258 g/mol. The first kappa shape index (κ1) is 14.2. The highest BCUT2D eigenvalue weighted by molar-refractivity contribution is 6.59. The lowest BCUT2D eigenvalue weighted by Gasteiger charge is -2.63. The molecule has 0 spiro atoms. The van der Waals surface area contributed by atoms with E-state index >= 15 is 0 Å². The predicted molar refractivity (Wildman–Crippen MR) is 79.3 cm³/mol. The maximum Gasteiger partial charge on any atom is 0.476 e. The van der Waals surface area contributed by atoms with E-state index in [1.165, 1.54) is 12.8 Å². The summed E-state index contributed by atoms with van der Waals surface area (Å²) in [5.74, 6) is 1.45. The van der Waals surface area contributed by atoms with E-state index in [9.17, 15) is 0 Å². The Morgan fingerprint density at radius 2 is 2.11 bits per heavy atom. The Balaban J connectivity index is 1.69. The van der Waals surface area contributed by atoms with E-state index in [2.05, 4.69) is 27.7 Å². The van der Waals surface area contributed by atoms with E-state index < -0.39 is 0 Å². The van der Waals surface area contributed by atoms with Gasteiger partial charge in [-0.25, -0.2) is 0 Å². The van der Waals surface area contributed by atoms with Crippen LogP contribution in [-0.4, -0.2) is 24.1 Å². The van der Waals surface area contributed by atoms with Gasteiger partial charge in [-0.1, -0.05) is 33.6 Å². The minimum Gasteiger partial charge on any atom is -0.404 e. The monoisotopic (exact) mass is 284 g/mol. The number of hydrogen-bond acceptors (Lipinski definition) is 2. The molecule has 4 heteroatoms. The molecule has 0 N–H and O–H groups in total. The van der Waals surface area contributed by atoms with Crippen molar-refractivity contribution < 1.29 is 9.31 Å². The number of halogens is 1. The summed E-state index contributed by atoms with van der Waals surface area (Å²) in [7, 11) is -0.196. The van der Waals surface area contributed by atoms with Crippen LogP contribution in [0, 0.1) is 17.3 Å². The number of alkyl halides is 1. The molecule has 0 unspecified atom stereocenters. The average molecular weight is 285 g/mol. The van der Waals surface area contributed by atoms with Gasteiger partial charge in [0.05, 0.1) is 17.0 Å². The van der Waals surface area contributed by atoms with Crippen LogP contribution in [0.1, 0.15) is 59.8 Å². The maximum atomic E-state index is 6.48. The zero-order chi connectivity index (χ0) is 13.8. The second kappa shape index (κ2) is 4.64. The van der Waals surface area contributed by atoms with E-state index in [1.807, 2.05) is 0 Å². The molecule has 2 bridgehead atoms. The summed E-state index contributed by atoms with van der Waals surface area (Å²) in [4.78, 5) is 0. The predicted octanol–water partition coefficient (Wildman–Crippen LogP) is 4.05. The van der Waals surface area contributed by atoms with Gasteiger partial charge in [0.2, 0.25) is 0 Å². The van der Waals surface area contributed by atoms with Crippen molar-refractivity contribution in [1.29, 1.82) is 0 Å².